The standard InChI is InChI=1S/C13H17N3O2/c1-9(17)15-12-7-11(8-14-13(12)18)10-3-5-16(2)6-4-10/h3,7-8H,4-6H2,1-2H3,(H,14,18)(H,15,17). The number of H-pyrrole nitrogens is 1. The highest BCUT2D eigenvalue weighted by Crippen LogP contribution is 2.21. The number of amides is 1. The third-order valence-corrected chi connectivity index (χ3v) is 3.00. The molecule has 0 saturated heterocycles. The summed E-state index contributed by atoms with van der Waals surface area (Å²) in [6, 6.07) is 1.73. The Labute approximate surface area is 106 Å². The summed E-state index contributed by atoms with van der Waals surface area (Å²) in [4.78, 5) is 27.4. The Hall–Kier alpha value is -1.88. The third kappa shape index (κ3) is 2.87. The minimum Gasteiger partial charge on any atom is -0.327 e. The maximum absolute atomic E-state index is 11.5. The summed E-state index contributed by atoms with van der Waals surface area (Å²) in [6.45, 7) is 3.30. The first-order valence-electron chi connectivity index (χ1n) is 5.94. The van der Waals surface area contributed by atoms with Crippen LogP contribution < -0.4 is 10.9 Å². The Morgan fingerprint density at radius 1 is 1.50 bits per heavy atom. The number of hydrogen-bond acceptors (Lipinski definition) is 3. The van der Waals surface area contributed by atoms with Gasteiger partial charge in [-0.25, -0.2) is 0 Å². The van der Waals surface area contributed by atoms with Crippen LogP contribution in [-0.4, -0.2) is 35.9 Å². The van der Waals surface area contributed by atoms with Gasteiger partial charge in [0.1, 0.15) is 5.69 Å². The van der Waals surface area contributed by atoms with Crippen molar-refractivity contribution < 1.29 is 4.79 Å². The second-order valence-corrected chi connectivity index (χ2v) is 4.55. The van der Waals surface area contributed by atoms with E-state index in [9.17, 15) is 9.59 Å². The molecule has 5 nitrogen and oxygen atoms in total. The van der Waals surface area contributed by atoms with E-state index in [0.29, 0.717) is 5.69 Å². The summed E-state index contributed by atoms with van der Waals surface area (Å²) in [5.74, 6) is -0.241. The van der Waals surface area contributed by atoms with Gasteiger partial charge in [0.05, 0.1) is 0 Å². The molecule has 1 aromatic rings. The van der Waals surface area contributed by atoms with Crippen molar-refractivity contribution in [1.82, 2.24) is 9.88 Å². The van der Waals surface area contributed by atoms with Crippen molar-refractivity contribution in [3.63, 3.8) is 0 Å². The van der Waals surface area contributed by atoms with Crippen molar-refractivity contribution in [2.75, 3.05) is 25.5 Å². The van der Waals surface area contributed by atoms with Crippen molar-refractivity contribution in [2.24, 2.45) is 0 Å². The molecule has 1 aliphatic rings. The summed E-state index contributed by atoms with van der Waals surface area (Å²) in [6.07, 6.45) is 4.79. The number of carbonyl (C=O) groups excluding carboxylic acids is 1. The first-order chi connectivity index (χ1) is 8.56. The van der Waals surface area contributed by atoms with Gasteiger partial charge in [-0.15, -0.1) is 0 Å². The SMILES string of the molecule is CC(=O)Nc1cc(C2=CCN(C)CC2)c[nH]c1=O. The smallest absolute Gasteiger partial charge is 0.271 e. The Bertz CT molecular complexity index is 545. The van der Waals surface area contributed by atoms with Crippen LogP contribution in [0.3, 0.4) is 0 Å². The lowest BCUT2D eigenvalue weighted by atomic mass is 10.0. The van der Waals surface area contributed by atoms with Crippen molar-refractivity contribution >= 4 is 17.2 Å². The first kappa shape index (κ1) is 12.6. The fourth-order valence-corrected chi connectivity index (χ4v) is 1.98. The molecule has 2 heterocycles. The lowest BCUT2D eigenvalue weighted by Crippen LogP contribution is -2.24. The van der Waals surface area contributed by atoms with Gasteiger partial charge in [-0.2, -0.15) is 0 Å². The normalized spacial score (nSPS) is 16.2. The third-order valence-electron chi connectivity index (χ3n) is 3.00. The summed E-state index contributed by atoms with van der Waals surface area (Å²) in [5.41, 5.74) is 2.20. The molecule has 0 atom stereocenters. The maximum Gasteiger partial charge on any atom is 0.271 e. The molecule has 0 spiro atoms. The predicted octanol–water partition coefficient (Wildman–Crippen LogP) is 1.05. The van der Waals surface area contributed by atoms with E-state index in [1.165, 1.54) is 12.5 Å². The molecule has 2 N–H and O–H groups in total. The number of anilines is 1. The predicted molar refractivity (Wildman–Crippen MR) is 71.5 cm³/mol. The number of hydrogen-bond donors (Lipinski definition) is 2. The molecule has 0 bridgehead atoms. The molecule has 5 heteroatoms. The number of pyridine rings is 1. The van der Waals surface area contributed by atoms with Crippen LogP contribution in [0.5, 0.6) is 0 Å². The number of rotatable bonds is 2. The average molecular weight is 247 g/mol. The van der Waals surface area contributed by atoms with Crippen LogP contribution >= 0.6 is 0 Å². The maximum atomic E-state index is 11.5. The quantitative estimate of drug-likeness (QED) is 0.821. The fraction of sp³-hybridized carbons (Fsp3) is 0.385. The number of nitrogens with one attached hydrogen (secondary N) is 2. The van der Waals surface area contributed by atoms with Crippen LogP contribution in [0.2, 0.25) is 0 Å². The number of carbonyl (C=O) groups is 1. The van der Waals surface area contributed by atoms with E-state index in [2.05, 4.69) is 28.3 Å². The van der Waals surface area contributed by atoms with Gasteiger partial charge >= 0.3 is 0 Å². The Morgan fingerprint density at radius 2 is 2.28 bits per heavy atom. The van der Waals surface area contributed by atoms with E-state index in [1.54, 1.807) is 12.3 Å². The van der Waals surface area contributed by atoms with Gasteiger partial charge in [0, 0.05) is 26.2 Å². The van der Waals surface area contributed by atoms with E-state index >= 15 is 0 Å². The monoisotopic (exact) mass is 247 g/mol. The minimum atomic E-state index is -0.275. The zero-order chi connectivity index (χ0) is 13.1. The number of likely N-dealkylation sites (N-methyl/N-ethyl adjacent to an activating group) is 1. The molecule has 1 aromatic heterocycles. The lowest BCUT2D eigenvalue weighted by molar-refractivity contribution is -0.114. The van der Waals surface area contributed by atoms with Gasteiger partial charge in [-0.1, -0.05) is 6.08 Å². The van der Waals surface area contributed by atoms with Gasteiger partial charge in [-0.3, -0.25) is 9.59 Å². The minimum absolute atomic E-state index is 0.241. The fourth-order valence-electron chi connectivity index (χ4n) is 1.98. The van der Waals surface area contributed by atoms with Crippen LogP contribution in [0.4, 0.5) is 5.69 Å². The molecule has 2 rings (SSSR count). The van der Waals surface area contributed by atoms with E-state index in [0.717, 1.165) is 25.1 Å². The largest absolute Gasteiger partial charge is 0.327 e. The van der Waals surface area contributed by atoms with Crippen LogP contribution in [0, 0.1) is 0 Å². The van der Waals surface area contributed by atoms with Crippen LogP contribution in [0.15, 0.2) is 23.1 Å². The summed E-state index contributed by atoms with van der Waals surface area (Å²) in [5, 5.41) is 2.54. The molecular weight excluding hydrogens is 230 g/mol. The Balaban J connectivity index is 2.29. The van der Waals surface area contributed by atoms with Crippen molar-refractivity contribution in [2.45, 2.75) is 13.3 Å². The summed E-state index contributed by atoms with van der Waals surface area (Å²) < 4.78 is 0. The number of aromatic nitrogens is 1. The van der Waals surface area contributed by atoms with Crippen molar-refractivity contribution in [3.05, 3.63) is 34.3 Å². The van der Waals surface area contributed by atoms with Gasteiger partial charge in [-0.05, 0) is 30.7 Å². The molecule has 0 fully saturated rings. The zero-order valence-electron chi connectivity index (χ0n) is 10.6. The highest BCUT2D eigenvalue weighted by atomic mass is 16.2. The van der Waals surface area contributed by atoms with Gasteiger partial charge in [0.2, 0.25) is 5.91 Å². The first-order valence-corrected chi connectivity index (χ1v) is 5.94. The Morgan fingerprint density at radius 3 is 2.89 bits per heavy atom. The molecule has 0 radical (unpaired) electrons. The highest BCUT2D eigenvalue weighted by Gasteiger charge is 2.11. The second kappa shape index (κ2) is 5.18. The van der Waals surface area contributed by atoms with Gasteiger partial charge in [0.15, 0.2) is 0 Å². The van der Waals surface area contributed by atoms with Crippen molar-refractivity contribution in [1.29, 1.82) is 0 Å². The topological polar surface area (TPSA) is 65.2 Å². The highest BCUT2D eigenvalue weighted by molar-refractivity contribution is 5.89. The molecule has 96 valence electrons. The number of aromatic amines is 1. The summed E-state index contributed by atoms with van der Waals surface area (Å²) in [7, 11) is 2.07. The van der Waals surface area contributed by atoms with E-state index in [1.807, 2.05) is 0 Å². The van der Waals surface area contributed by atoms with E-state index in [-0.39, 0.29) is 11.5 Å². The number of nitrogens with zero attached hydrogens (tertiary/aromatic N) is 1. The van der Waals surface area contributed by atoms with E-state index < -0.39 is 0 Å². The molecule has 0 saturated carbocycles. The molecule has 1 amide bonds. The molecule has 0 aliphatic carbocycles. The molecule has 1 aliphatic heterocycles. The average Bonchev–Trinajstić information content (AvgIpc) is 2.32. The van der Waals surface area contributed by atoms with Crippen LogP contribution in [0.1, 0.15) is 18.9 Å². The van der Waals surface area contributed by atoms with Crippen molar-refractivity contribution in [3.8, 4) is 0 Å². The molecule has 18 heavy (non-hydrogen) atoms. The zero-order valence-corrected chi connectivity index (χ0v) is 10.6. The molecular formula is C13H17N3O2. The van der Waals surface area contributed by atoms with Crippen LogP contribution in [-0.2, 0) is 4.79 Å². The lowest BCUT2D eigenvalue weighted by Gasteiger charge is -2.22. The molecule has 0 unspecified atom stereocenters. The molecule has 0 aromatic carbocycles. The van der Waals surface area contributed by atoms with Crippen LogP contribution in [0.25, 0.3) is 5.57 Å². The summed E-state index contributed by atoms with van der Waals surface area (Å²) >= 11 is 0. The van der Waals surface area contributed by atoms with Gasteiger partial charge < -0.3 is 15.2 Å². The Kier molecular flexibility index (Phi) is 3.62. The van der Waals surface area contributed by atoms with E-state index in [4.69, 9.17) is 0 Å². The van der Waals surface area contributed by atoms with Gasteiger partial charge in [0.25, 0.3) is 5.56 Å². The second-order valence-electron chi connectivity index (χ2n) is 4.55.